The van der Waals surface area contributed by atoms with Crippen molar-refractivity contribution >= 4 is 58.8 Å². The second-order valence-corrected chi connectivity index (χ2v) is 7.34. The average molecular weight is 364 g/mol. The van der Waals surface area contributed by atoms with E-state index >= 15 is 0 Å². The Labute approximate surface area is 140 Å². The third-order valence-corrected chi connectivity index (χ3v) is 4.23. The van der Waals surface area contributed by atoms with Crippen molar-refractivity contribution in [3.63, 3.8) is 0 Å². The van der Waals surface area contributed by atoms with Crippen LogP contribution in [-0.2, 0) is 0 Å². The van der Waals surface area contributed by atoms with Gasteiger partial charge in [0.15, 0.2) is 0 Å². The summed E-state index contributed by atoms with van der Waals surface area (Å²) in [6, 6.07) is 7.30. The Hall–Kier alpha value is 0.630. The van der Waals surface area contributed by atoms with Crippen LogP contribution < -0.4 is 0 Å². The Balaban J connectivity index is 0.00000180. The van der Waals surface area contributed by atoms with Crippen molar-refractivity contribution in [3.8, 4) is 0 Å². The van der Waals surface area contributed by atoms with Gasteiger partial charge in [-0.3, -0.25) is 4.90 Å². The first kappa shape index (κ1) is 17.7. The van der Waals surface area contributed by atoms with Crippen LogP contribution in [0.2, 0.25) is 5.02 Å². The lowest BCUT2D eigenvalue weighted by molar-refractivity contribution is 0.165. The highest BCUT2D eigenvalue weighted by Crippen LogP contribution is 2.46. The molecule has 0 aliphatic carbocycles. The number of halogens is 5. The molecular weight excluding hydrogens is 347 g/mol. The minimum atomic E-state index is -1.37. The number of nitrogens with zero attached hydrogens (tertiary/aromatic N) is 1. The summed E-state index contributed by atoms with van der Waals surface area (Å²) in [5, 5.41) is 0.652. The van der Waals surface area contributed by atoms with Gasteiger partial charge in [-0.2, -0.15) is 0 Å². The maximum atomic E-state index is 6.24. The van der Waals surface area contributed by atoms with E-state index in [0.717, 1.165) is 31.5 Å². The molecule has 1 heterocycles. The largest absolute Gasteiger partial charge is 0.292 e. The highest BCUT2D eigenvalue weighted by Gasteiger charge is 2.39. The van der Waals surface area contributed by atoms with Gasteiger partial charge in [0.1, 0.15) is 0 Å². The molecule has 1 fully saturated rings. The van der Waals surface area contributed by atoms with E-state index in [1.165, 1.54) is 6.42 Å². The van der Waals surface area contributed by atoms with E-state index in [2.05, 4.69) is 4.90 Å². The second kappa shape index (κ2) is 7.59. The van der Waals surface area contributed by atoms with Gasteiger partial charge >= 0.3 is 0 Å². The molecule has 0 bridgehead atoms. The third-order valence-electron chi connectivity index (χ3n) is 3.27. The Bertz CT molecular complexity index is 398. The Morgan fingerprint density at radius 1 is 1.00 bits per heavy atom. The molecule has 1 saturated heterocycles. The molecule has 0 saturated carbocycles. The van der Waals surface area contributed by atoms with Crippen LogP contribution in [0.25, 0.3) is 0 Å². The zero-order valence-electron chi connectivity index (χ0n) is 10.3. The van der Waals surface area contributed by atoms with Gasteiger partial charge < -0.3 is 0 Å². The summed E-state index contributed by atoms with van der Waals surface area (Å²) in [4.78, 5) is 2.22. The molecular formula is C13H16Cl5N. The summed E-state index contributed by atoms with van der Waals surface area (Å²) in [5.41, 5.74) is 0.890. The molecule has 1 aliphatic heterocycles. The van der Waals surface area contributed by atoms with E-state index in [0.29, 0.717) is 5.02 Å². The summed E-state index contributed by atoms with van der Waals surface area (Å²) < 4.78 is -1.37. The monoisotopic (exact) mass is 361 g/mol. The highest BCUT2D eigenvalue weighted by molar-refractivity contribution is 6.68. The number of benzene rings is 1. The van der Waals surface area contributed by atoms with Gasteiger partial charge in [0.25, 0.3) is 0 Å². The summed E-state index contributed by atoms with van der Waals surface area (Å²) in [7, 11) is 0. The van der Waals surface area contributed by atoms with Gasteiger partial charge in [0.05, 0.1) is 6.04 Å². The summed E-state index contributed by atoms with van der Waals surface area (Å²) >= 11 is 24.8. The lowest BCUT2D eigenvalue weighted by Crippen LogP contribution is -2.40. The van der Waals surface area contributed by atoms with Gasteiger partial charge in [-0.05, 0) is 37.6 Å². The van der Waals surface area contributed by atoms with Crippen LogP contribution in [0.5, 0.6) is 0 Å². The van der Waals surface area contributed by atoms with E-state index in [1.807, 2.05) is 24.3 Å². The molecule has 6 heteroatoms. The van der Waals surface area contributed by atoms with Crippen LogP contribution in [0.3, 0.4) is 0 Å². The smallest absolute Gasteiger partial charge is 0.210 e. The SMILES string of the molecule is Cl.Clc1ccccc1C(N1CCCCC1)C(Cl)(Cl)Cl. The van der Waals surface area contributed by atoms with Crippen molar-refractivity contribution in [1.29, 1.82) is 0 Å². The Morgan fingerprint density at radius 3 is 2.11 bits per heavy atom. The number of likely N-dealkylation sites (tertiary alicyclic amines) is 1. The highest BCUT2D eigenvalue weighted by atomic mass is 35.6. The van der Waals surface area contributed by atoms with E-state index < -0.39 is 3.79 Å². The fourth-order valence-electron chi connectivity index (χ4n) is 2.45. The Morgan fingerprint density at radius 2 is 1.58 bits per heavy atom. The van der Waals surface area contributed by atoms with E-state index in [1.54, 1.807) is 0 Å². The first-order chi connectivity index (χ1) is 8.50. The first-order valence-electron chi connectivity index (χ1n) is 6.05. The maximum Gasteiger partial charge on any atom is 0.210 e. The molecule has 108 valence electrons. The number of piperidine rings is 1. The fourth-order valence-corrected chi connectivity index (χ4v) is 3.46. The Kier molecular flexibility index (Phi) is 7.06. The third kappa shape index (κ3) is 4.56. The fraction of sp³-hybridized carbons (Fsp3) is 0.538. The van der Waals surface area contributed by atoms with Gasteiger partial charge in [0, 0.05) is 5.02 Å². The zero-order valence-corrected chi connectivity index (χ0v) is 14.1. The molecule has 0 radical (unpaired) electrons. The lowest BCUT2D eigenvalue weighted by Gasteiger charge is -2.38. The molecule has 1 nitrogen and oxygen atoms in total. The van der Waals surface area contributed by atoms with E-state index in [9.17, 15) is 0 Å². The number of rotatable bonds is 2. The van der Waals surface area contributed by atoms with E-state index in [-0.39, 0.29) is 18.4 Å². The minimum Gasteiger partial charge on any atom is -0.292 e. The zero-order chi connectivity index (χ0) is 13.2. The predicted octanol–water partition coefficient (Wildman–Crippen LogP) is 5.66. The van der Waals surface area contributed by atoms with Crippen molar-refractivity contribution in [3.05, 3.63) is 34.9 Å². The van der Waals surface area contributed by atoms with Crippen LogP contribution in [0, 0.1) is 0 Å². The molecule has 1 aromatic carbocycles. The van der Waals surface area contributed by atoms with Crippen LogP contribution in [0.15, 0.2) is 24.3 Å². The summed E-state index contributed by atoms with van der Waals surface area (Å²) in [6.07, 6.45) is 3.52. The summed E-state index contributed by atoms with van der Waals surface area (Å²) in [6.45, 7) is 1.90. The molecule has 1 aromatic rings. The molecule has 0 aromatic heterocycles. The van der Waals surface area contributed by atoms with Gasteiger partial charge in [-0.25, -0.2) is 0 Å². The standard InChI is InChI=1S/C13H15Cl4N.ClH/c14-11-7-3-2-6-10(11)12(13(15,16)17)18-8-4-1-5-9-18;/h2-3,6-7,12H,1,4-5,8-9H2;1H. The maximum absolute atomic E-state index is 6.24. The molecule has 1 unspecified atom stereocenters. The number of hydrogen-bond acceptors (Lipinski definition) is 1. The van der Waals surface area contributed by atoms with Gasteiger partial charge in [-0.1, -0.05) is 71.0 Å². The van der Waals surface area contributed by atoms with Crippen molar-refractivity contribution in [2.75, 3.05) is 13.1 Å². The minimum absolute atomic E-state index is 0. The molecule has 0 amide bonds. The molecule has 1 aliphatic rings. The van der Waals surface area contributed by atoms with Crippen LogP contribution in [0.4, 0.5) is 0 Å². The van der Waals surface area contributed by atoms with Gasteiger partial charge in [0.2, 0.25) is 3.79 Å². The summed E-state index contributed by atoms with van der Waals surface area (Å²) in [5.74, 6) is 0. The topological polar surface area (TPSA) is 3.24 Å². The normalized spacial score (nSPS) is 18.7. The van der Waals surface area contributed by atoms with Crippen molar-refractivity contribution in [2.45, 2.75) is 29.1 Å². The first-order valence-corrected chi connectivity index (χ1v) is 7.56. The van der Waals surface area contributed by atoms with Crippen LogP contribution >= 0.6 is 58.8 Å². The van der Waals surface area contributed by atoms with Crippen molar-refractivity contribution < 1.29 is 0 Å². The van der Waals surface area contributed by atoms with Crippen molar-refractivity contribution in [2.24, 2.45) is 0 Å². The molecule has 1 atom stereocenters. The molecule has 19 heavy (non-hydrogen) atoms. The second-order valence-electron chi connectivity index (χ2n) is 4.56. The average Bonchev–Trinajstić information content (AvgIpc) is 2.32. The molecule has 0 N–H and O–H groups in total. The van der Waals surface area contributed by atoms with Crippen molar-refractivity contribution in [1.82, 2.24) is 4.90 Å². The van der Waals surface area contributed by atoms with E-state index in [4.69, 9.17) is 46.4 Å². The van der Waals surface area contributed by atoms with Gasteiger partial charge in [-0.15, -0.1) is 12.4 Å². The quantitative estimate of drug-likeness (QED) is 0.613. The number of hydrogen-bond donors (Lipinski definition) is 0. The molecule has 0 spiro atoms. The van der Waals surface area contributed by atoms with Crippen LogP contribution in [0.1, 0.15) is 30.9 Å². The predicted molar refractivity (Wildman–Crippen MR) is 87.2 cm³/mol. The lowest BCUT2D eigenvalue weighted by atomic mass is 10.0. The molecule has 2 rings (SSSR count). The van der Waals surface area contributed by atoms with Crippen LogP contribution in [-0.4, -0.2) is 21.8 Å². The number of alkyl halides is 3.